The Balaban J connectivity index is 1.48. The molecule has 2 aliphatic heterocycles. The van der Waals surface area contributed by atoms with E-state index in [1.54, 1.807) is 0 Å². The van der Waals surface area contributed by atoms with E-state index in [9.17, 15) is 9.59 Å². The first-order valence-electron chi connectivity index (χ1n) is 9.27. The van der Waals surface area contributed by atoms with Gasteiger partial charge in [-0.15, -0.1) is 0 Å². The third-order valence-corrected chi connectivity index (χ3v) is 5.69. The number of β-lactam (4-membered cyclic amide) rings is 1. The lowest BCUT2D eigenvalue weighted by Gasteiger charge is -2.52. The highest BCUT2D eigenvalue weighted by molar-refractivity contribution is 5.86. The van der Waals surface area contributed by atoms with Gasteiger partial charge in [-0.1, -0.05) is 29.8 Å². The topological polar surface area (TPSA) is 49.9 Å². The molecule has 1 aliphatic carbocycles. The van der Waals surface area contributed by atoms with Gasteiger partial charge in [0.25, 0.3) is 0 Å². The molecule has 1 aromatic carbocycles. The predicted octanol–water partition coefficient (Wildman–Crippen LogP) is 2.13. The Bertz CT molecular complexity index is 668. The van der Waals surface area contributed by atoms with Crippen LogP contribution < -0.4 is 0 Å². The molecule has 1 atom stereocenters. The van der Waals surface area contributed by atoms with Crippen molar-refractivity contribution in [2.75, 3.05) is 26.3 Å². The van der Waals surface area contributed by atoms with Crippen molar-refractivity contribution in [1.29, 1.82) is 0 Å². The summed E-state index contributed by atoms with van der Waals surface area (Å²) in [6.45, 7) is 4.98. The molecule has 1 saturated carbocycles. The van der Waals surface area contributed by atoms with Crippen LogP contribution in [0.5, 0.6) is 0 Å². The molecule has 1 spiro atoms. The molecule has 134 valence electrons. The zero-order chi connectivity index (χ0) is 17.4. The van der Waals surface area contributed by atoms with E-state index in [1.807, 2.05) is 9.80 Å². The molecule has 4 rings (SSSR count). The fourth-order valence-corrected chi connectivity index (χ4v) is 3.88. The van der Waals surface area contributed by atoms with Crippen LogP contribution in [0.1, 0.15) is 36.8 Å². The molecule has 0 bridgehead atoms. The molecule has 0 N–H and O–H groups in total. The van der Waals surface area contributed by atoms with Gasteiger partial charge in [0.05, 0.1) is 25.2 Å². The van der Waals surface area contributed by atoms with Crippen molar-refractivity contribution in [3.63, 3.8) is 0 Å². The number of nitrogens with zero attached hydrogens (tertiary/aromatic N) is 2. The van der Waals surface area contributed by atoms with Gasteiger partial charge >= 0.3 is 0 Å². The summed E-state index contributed by atoms with van der Waals surface area (Å²) in [5.74, 6) is 0.960. The van der Waals surface area contributed by atoms with Gasteiger partial charge in [-0.2, -0.15) is 0 Å². The maximum atomic E-state index is 12.6. The van der Waals surface area contributed by atoms with Gasteiger partial charge in [0.2, 0.25) is 11.8 Å². The summed E-state index contributed by atoms with van der Waals surface area (Å²) in [5, 5.41) is 0. The highest BCUT2D eigenvalue weighted by Gasteiger charge is 2.53. The highest BCUT2D eigenvalue weighted by Crippen LogP contribution is 2.37. The molecular weight excluding hydrogens is 316 g/mol. The molecule has 0 aromatic heterocycles. The molecular formula is C20H26N2O3. The maximum Gasteiger partial charge on any atom is 0.226 e. The number of aryl methyl sites for hydroxylation is 1. The number of carbonyl (C=O) groups is 2. The molecule has 3 aliphatic rings. The summed E-state index contributed by atoms with van der Waals surface area (Å²) in [6.07, 6.45) is 3.49. The lowest BCUT2D eigenvalue weighted by atomic mass is 9.83. The van der Waals surface area contributed by atoms with Crippen molar-refractivity contribution in [3.8, 4) is 0 Å². The molecule has 1 aromatic rings. The first-order valence-corrected chi connectivity index (χ1v) is 9.27. The van der Waals surface area contributed by atoms with E-state index >= 15 is 0 Å². The number of likely N-dealkylation sites (tertiary alicyclic amines) is 1. The van der Waals surface area contributed by atoms with Crippen LogP contribution in [0.4, 0.5) is 0 Å². The average molecular weight is 342 g/mol. The second kappa shape index (κ2) is 6.45. The van der Waals surface area contributed by atoms with Gasteiger partial charge in [-0.25, -0.2) is 0 Å². The summed E-state index contributed by atoms with van der Waals surface area (Å²) in [5.41, 5.74) is 1.98. The van der Waals surface area contributed by atoms with Crippen molar-refractivity contribution in [2.45, 2.75) is 44.7 Å². The van der Waals surface area contributed by atoms with Gasteiger partial charge in [0, 0.05) is 26.1 Å². The minimum absolute atomic E-state index is 0.153. The van der Waals surface area contributed by atoms with E-state index in [4.69, 9.17) is 4.74 Å². The number of hydrogen-bond acceptors (Lipinski definition) is 3. The van der Waals surface area contributed by atoms with Crippen LogP contribution in [0.25, 0.3) is 0 Å². The number of amides is 2. The van der Waals surface area contributed by atoms with Crippen LogP contribution in [-0.4, -0.2) is 53.5 Å². The standard InChI is InChI=1S/C20H26N2O3/c1-15-2-4-17(5-3-15)12-22-19(24)11-20(22)13-21(8-9-25-14-20)18(23)10-16-6-7-16/h2-5,16H,6-14H2,1H3/t20-/m0/s1. The first-order chi connectivity index (χ1) is 12.1. The monoisotopic (exact) mass is 342 g/mol. The summed E-state index contributed by atoms with van der Waals surface area (Å²) < 4.78 is 5.80. The van der Waals surface area contributed by atoms with Gasteiger partial charge in [-0.3, -0.25) is 9.59 Å². The number of ether oxygens (including phenoxy) is 1. The number of carbonyl (C=O) groups excluding carboxylic acids is 2. The predicted molar refractivity (Wildman–Crippen MR) is 93.8 cm³/mol. The van der Waals surface area contributed by atoms with E-state index in [0.717, 1.165) is 5.56 Å². The summed E-state index contributed by atoms with van der Waals surface area (Å²) in [4.78, 5) is 28.7. The van der Waals surface area contributed by atoms with Crippen molar-refractivity contribution < 1.29 is 14.3 Å². The van der Waals surface area contributed by atoms with Crippen LogP contribution in [0.15, 0.2) is 24.3 Å². The Morgan fingerprint density at radius 2 is 2.04 bits per heavy atom. The second-order valence-corrected chi connectivity index (χ2v) is 7.88. The molecule has 0 radical (unpaired) electrons. The smallest absolute Gasteiger partial charge is 0.226 e. The zero-order valence-corrected chi connectivity index (χ0v) is 14.9. The molecule has 25 heavy (non-hydrogen) atoms. The van der Waals surface area contributed by atoms with Crippen molar-refractivity contribution in [2.24, 2.45) is 5.92 Å². The summed E-state index contributed by atoms with van der Waals surface area (Å²) in [7, 11) is 0. The number of rotatable bonds is 4. The van der Waals surface area contributed by atoms with Crippen LogP contribution >= 0.6 is 0 Å². The van der Waals surface area contributed by atoms with Gasteiger partial charge in [0.15, 0.2) is 0 Å². The molecule has 3 fully saturated rings. The molecule has 2 saturated heterocycles. The quantitative estimate of drug-likeness (QED) is 0.788. The Labute approximate surface area is 148 Å². The molecule has 2 amide bonds. The minimum atomic E-state index is -0.350. The first kappa shape index (κ1) is 16.6. The summed E-state index contributed by atoms with van der Waals surface area (Å²) >= 11 is 0. The van der Waals surface area contributed by atoms with Crippen LogP contribution in [-0.2, 0) is 20.9 Å². The Morgan fingerprint density at radius 3 is 2.72 bits per heavy atom. The molecule has 0 unspecified atom stereocenters. The van der Waals surface area contributed by atoms with Gasteiger partial charge in [0.1, 0.15) is 0 Å². The van der Waals surface area contributed by atoms with Gasteiger partial charge in [-0.05, 0) is 31.2 Å². The molecule has 2 heterocycles. The highest BCUT2D eigenvalue weighted by atomic mass is 16.5. The van der Waals surface area contributed by atoms with Crippen LogP contribution in [0.2, 0.25) is 0 Å². The Hall–Kier alpha value is -1.88. The fraction of sp³-hybridized carbons (Fsp3) is 0.600. The van der Waals surface area contributed by atoms with E-state index in [0.29, 0.717) is 51.6 Å². The lowest BCUT2D eigenvalue weighted by Crippen LogP contribution is -2.69. The minimum Gasteiger partial charge on any atom is -0.377 e. The van der Waals surface area contributed by atoms with Crippen LogP contribution in [0, 0.1) is 12.8 Å². The van der Waals surface area contributed by atoms with E-state index in [-0.39, 0.29) is 17.4 Å². The summed E-state index contributed by atoms with van der Waals surface area (Å²) in [6, 6.07) is 8.28. The third kappa shape index (κ3) is 3.43. The Morgan fingerprint density at radius 1 is 1.28 bits per heavy atom. The van der Waals surface area contributed by atoms with E-state index < -0.39 is 0 Å². The fourth-order valence-electron chi connectivity index (χ4n) is 3.88. The van der Waals surface area contributed by atoms with Crippen molar-refractivity contribution >= 4 is 11.8 Å². The second-order valence-electron chi connectivity index (χ2n) is 7.88. The molecule has 5 nitrogen and oxygen atoms in total. The number of hydrogen-bond donors (Lipinski definition) is 0. The van der Waals surface area contributed by atoms with Crippen molar-refractivity contribution in [1.82, 2.24) is 9.80 Å². The Kier molecular flexibility index (Phi) is 4.28. The average Bonchev–Trinajstić information content (AvgIpc) is 3.41. The lowest BCUT2D eigenvalue weighted by molar-refractivity contribution is -0.166. The molecule has 5 heteroatoms. The van der Waals surface area contributed by atoms with E-state index in [1.165, 1.54) is 18.4 Å². The zero-order valence-electron chi connectivity index (χ0n) is 14.9. The van der Waals surface area contributed by atoms with Gasteiger partial charge < -0.3 is 14.5 Å². The SMILES string of the molecule is Cc1ccc(CN2C(=O)C[C@]23COCCN(C(=O)CC2CC2)C3)cc1. The number of benzene rings is 1. The van der Waals surface area contributed by atoms with E-state index in [2.05, 4.69) is 31.2 Å². The maximum absolute atomic E-state index is 12.6. The largest absolute Gasteiger partial charge is 0.377 e. The van der Waals surface area contributed by atoms with Crippen molar-refractivity contribution in [3.05, 3.63) is 35.4 Å². The third-order valence-electron chi connectivity index (χ3n) is 5.69. The normalized spacial score (nSPS) is 26.5. The van der Waals surface area contributed by atoms with Crippen LogP contribution in [0.3, 0.4) is 0 Å².